The van der Waals surface area contributed by atoms with Crippen LogP contribution in [0.25, 0.3) is 0 Å². The molecule has 0 amide bonds. The van der Waals surface area contributed by atoms with Crippen LogP contribution in [0.3, 0.4) is 0 Å². The molecule has 0 fully saturated rings. The fourth-order valence-corrected chi connectivity index (χ4v) is 1.41. The van der Waals surface area contributed by atoms with Crippen LogP contribution in [0, 0.1) is 0 Å². The van der Waals surface area contributed by atoms with Crippen LogP contribution >= 0.6 is 24.0 Å². The minimum absolute atomic E-state index is 0.686. The van der Waals surface area contributed by atoms with E-state index in [-0.39, 0.29) is 0 Å². The molecular weight excluding hydrogens is 138 g/mol. The molecule has 0 aromatic rings. The maximum absolute atomic E-state index is 5.26. The number of nitrogens with two attached hydrogens (primary N) is 1. The van der Waals surface area contributed by atoms with Crippen LogP contribution < -0.4 is 5.73 Å². The molecule has 8 heavy (non-hydrogen) atoms. The molecule has 0 aliphatic heterocycles. The zero-order valence-electron chi connectivity index (χ0n) is 5.02. The van der Waals surface area contributed by atoms with Crippen LogP contribution in [0.5, 0.6) is 0 Å². The summed E-state index contributed by atoms with van der Waals surface area (Å²) in [5.74, 6) is 1.07. The van der Waals surface area contributed by atoms with Crippen LogP contribution in [0.15, 0.2) is 0 Å². The average molecular weight is 149 g/mol. The quantitative estimate of drug-likeness (QED) is 0.615. The number of thioether (sulfide) groups is 1. The summed E-state index contributed by atoms with van der Waals surface area (Å²) in [6, 6.07) is 0. The SMILES string of the molecule is CCSC(=S)CCN. The Morgan fingerprint density at radius 3 is 2.75 bits per heavy atom. The molecule has 0 heterocycles. The van der Waals surface area contributed by atoms with Gasteiger partial charge in [0.25, 0.3) is 0 Å². The van der Waals surface area contributed by atoms with E-state index >= 15 is 0 Å². The Balaban J connectivity index is 3.06. The Morgan fingerprint density at radius 2 is 2.38 bits per heavy atom. The average Bonchev–Trinajstić information content (AvgIpc) is 1.68. The third kappa shape index (κ3) is 4.56. The van der Waals surface area contributed by atoms with Crippen molar-refractivity contribution < 1.29 is 0 Å². The highest BCUT2D eigenvalue weighted by atomic mass is 32.2. The van der Waals surface area contributed by atoms with Gasteiger partial charge in [0, 0.05) is 10.6 Å². The maximum atomic E-state index is 5.26. The first-order valence-corrected chi connectivity index (χ1v) is 4.06. The van der Waals surface area contributed by atoms with E-state index < -0.39 is 0 Å². The van der Waals surface area contributed by atoms with Gasteiger partial charge < -0.3 is 5.73 Å². The van der Waals surface area contributed by atoms with Gasteiger partial charge in [-0.25, -0.2) is 0 Å². The Kier molecular flexibility index (Phi) is 5.81. The monoisotopic (exact) mass is 149 g/mol. The van der Waals surface area contributed by atoms with Gasteiger partial charge in [0.2, 0.25) is 0 Å². The Morgan fingerprint density at radius 1 is 1.75 bits per heavy atom. The molecule has 0 saturated heterocycles. The lowest BCUT2D eigenvalue weighted by Crippen LogP contribution is -2.02. The lowest BCUT2D eigenvalue weighted by Gasteiger charge is -1.95. The highest BCUT2D eigenvalue weighted by molar-refractivity contribution is 8.23. The highest BCUT2D eigenvalue weighted by Crippen LogP contribution is 2.04. The smallest absolute Gasteiger partial charge is 0.0490 e. The van der Waals surface area contributed by atoms with Crippen LogP contribution in [-0.2, 0) is 0 Å². The molecule has 0 aliphatic carbocycles. The van der Waals surface area contributed by atoms with Gasteiger partial charge in [-0.2, -0.15) is 0 Å². The van der Waals surface area contributed by atoms with Crippen molar-refractivity contribution in [3.8, 4) is 0 Å². The van der Waals surface area contributed by atoms with Gasteiger partial charge in [-0.1, -0.05) is 19.1 Å². The first-order chi connectivity index (χ1) is 3.81. The molecule has 2 N–H and O–H groups in total. The summed E-state index contributed by atoms with van der Waals surface area (Å²) in [5.41, 5.74) is 5.26. The van der Waals surface area contributed by atoms with E-state index in [9.17, 15) is 0 Å². The summed E-state index contributed by atoms with van der Waals surface area (Å²) in [5, 5.41) is 0. The van der Waals surface area contributed by atoms with Crippen LogP contribution in [-0.4, -0.2) is 16.5 Å². The molecule has 0 radical (unpaired) electrons. The van der Waals surface area contributed by atoms with Gasteiger partial charge in [0.15, 0.2) is 0 Å². The summed E-state index contributed by atoms with van der Waals surface area (Å²) in [6.07, 6.45) is 0.883. The van der Waals surface area contributed by atoms with Gasteiger partial charge in [-0.3, -0.25) is 0 Å². The largest absolute Gasteiger partial charge is 0.330 e. The zero-order valence-corrected chi connectivity index (χ0v) is 6.65. The summed E-state index contributed by atoms with van der Waals surface area (Å²) in [6.45, 7) is 2.78. The van der Waals surface area contributed by atoms with Crippen LogP contribution in [0.4, 0.5) is 0 Å². The highest BCUT2D eigenvalue weighted by Gasteiger charge is 1.90. The molecule has 0 aromatic heterocycles. The predicted molar refractivity (Wildman–Crippen MR) is 44.4 cm³/mol. The number of thiocarbonyl (C=S) groups is 1. The molecule has 0 aliphatic rings. The third-order valence-corrected chi connectivity index (χ3v) is 2.03. The van der Waals surface area contributed by atoms with Gasteiger partial charge >= 0.3 is 0 Å². The van der Waals surface area contributed by atoms with Crippen molar-refractivity contribution in [2.24, 2.45) is 5.73 Å². The fourth-order valence-electron chi connectivity index (χ4n) is 0.351. The van der Waals surface area contributed by atoms with Gasteiger partial charge in [-0.15, -0.1) is 11.8 Å². The van der Waals surface area contributed by atoms with Crippen molar-refractivity contribution in [3.05, 3.63) is 0 Å². The van der Waals surface area contributed by atoms with Crippen LogP contribution in [0.2, 0.25) is 0 Å². The molecule has 0 unspecified atom stereocenters. The fraction of sp³-hybridized carbons (Fsp3) is 0.800. The Hall–Kier alpha value is 0.400. The second-order valence-electron chi connectivity index (χ2n) is 1.34. The maximum Gasteiger partial charge on any atom is 0.0490 e. The molecule has 48 valence electrons. The number of rotatable bonds is 3. The van der Waals surface area contributed by atoms with Crippen molar-refractivity contribution in [2.75, 3.05) is 12.3 Å². The van der Waals surface area contributed by atoms with Gasteiger partial charge in [-0.05, 0) is 12.3 Å². The summed E-state index contributed by atoms with van der Waals surface area (Å²) in [4.78, 5) is 0. The molecule has 0 saturated carbocycles. The predicted octanol–water partition coefficient (Wildman–Crippen LogP) is 1.42. The standard InChI is InChI=1S/C5H11NS2/c1-2-8-5(7)3-4-6/h2-4,6H2,1H3. The zero-order chi connectivity index (χ0) is 6.41. The topological polar surface area (TPSA) is 26.0 Å². The van der Waals surface area contributed by atoms with Crippen LogP contribution in [0.1, 0.15) is 13.3 Å². The van der Waals surface area contributed by atoms with Crippen molar-refractivity contribution in [1.29, 1.82) is 0 Å². The van der Waals surface area contributed by atoms with E-state index in [0.717, 1.165) is 16.4 Å². The molecule has 3 heteroatoms. The molecule has 0 bridgehead atoms. The van der Waals surface area contributed by atoms with Crippen molar-refractivity contribution >= 4 is 28.2 Å². The van der Waals surface area contributed by atoms with E-state index in [1.54, 1.807) is 11.8 Å². The molecule has 0 atom stereocenters. The van der Waals surface area contributed by atoms with E-state index in [2.05, 4.69) is 6.92 Å². The van der Waals surface area contributed by atoms with Gasteiger partial charge in [0.05, 0.1) is 0 Å². The van der Waals surface area contributed by atoms with E-state index in [0.29, 0.717) is 6.54 Å². The minimum atomic E-state index is 0.686. The normalized spacial score (nSPS) is 9.25. The number of hydrogen-bond donors (Lipinski definition) is 1. The molecule has 0 rings (SSSR count). The van der Waals surface area contributed by atoms with E-state index in [4.69, 9.17) is 18.0 Å². The second-order valence-corrected chi connectivity index (χ2v) is 3.45. The first-order valence-electron chi connectivity index (χ1n) is 2.67. The minimum Gasteiger partial charge on any atom is -0.330 e. The van der Waals surface area contributed by atoms with E-state index in [1.165, 1.54) is 0 Å². The van der Waals surface area contributed by atoms with Gasteiger partial charge in [0.1, 0.15) is 0 Å². The Bertz CT molecular complexity index is 64.8. The lowest BCUT2D eigenvalue weighted by atomic mass is 10.5. The summed E-state index contributed by atoms with van der Waals surface area (Å²) >= 11 is 6.64. The molecular formula is C5H11NS2. The molecule has 1 nitrogen and oxygen atoms in total. The summed E-state index contributed by atoms with van der Waals surface area (Å²) < 4.78 is 1.04. The van der Waals surface area contributed by atoms with E-state index in [1.807, 2.05) is 0 Å². The van der Waals surface area contributed by atoms with Crippen molar-refractivity contribution in [3.63, 3.8) is 0 Å². The van der Waals surface area contributed by atoms with Crippen molar-refractivity contribution in [1.82, 2.24) is 0 Å². The third-order valence-electron chi connectivity index (χ3n) is 0.654. The Labute approximate surface area is 60.0 Å². The molecule has 0 spiro atoms. The number of hydrogen-bond acceptors (Lipinski definition) is 3. The lowest BCUT2D eigenvalue weighted by molar-refractivity contribution is 1.06. The van der Waals surface area contributed by atoms with Crippen molar-refractivity contribution in [2.45, 2.75) is 13.3 Å². The summed E-state index contributed by atoms with van der Waals surface area (Å²) in [7, 11) is 0. The molecule has 0 aromatic carbocycles. The first kappa shape index (κ1) is 8.40. The second kappa shape index (κ2) is 5.54.